The van der Waals surface area contributed by atoms with Crippen molar-refractivity contribution in [3.63, 3.8) is 0 Å². The van der Waals surface area contributed by atoms with E-state index in [9.17, 15) is 18.0 Å². The lowest BCUT2D eigenvalue weighted by Gasteiger charge is -2.36. The molecule has 0 saturated carbocycles. The van der Waals surface area contributed by atoms with Gasteiger partial charge in [0.25, 0.3) is 0 Å². The summed E-state index contributed by atoms with van der Waals surface area (Å²) in [6.07, 6.45) is -2.79. The zero-order valence-corrected chi connectivity index (χ0v) is 27.1. The number of hydrogen-bond acceptors (Lipinski definition) is 8. The van der Waals surface area contributed by atoms with Crippen molar-refractivity contribution in [3.8, 4) is 5.75 Å². The third-order valence-electron chi connectivity index (χ3n) is 8.06. The number of piperazine rings is 1. The number of rotatable bonds is 11. The average Bonchev–Trinajstić information content (AvgIpc) is 3.01. The molecule has 1 atom stereocenters. The highest BCUT2D eigenvalue weighted by Gasteiger charge is 2.33. The molecule has 6 nitrogen and oxygen atoms in total. The molecule has 45 heavy (non-hydrogen) atoms. The molecule has 2 heterocycles. The summed E-state index contributed by atoms with van der Waals surface area (Å²) >= 11 is 7.06. The van der Waals surface area contributed by atoms with E-state index in [-0.39, 0.29) is 11.9 Å². The Morgan fingerprint density at radius 1 is 0.911 bits per heavy atom. The van der Waals surface area contributed by atoms with Gasteiger partial charge in [-0.2, -0.15) is 13.2 Å². The summed E-state index contributed by atoms with van der Waals surface area (Å²) in [5.74, 6) is 0.262. The lowest BCUT2D eigenvalue weighted by molar-refractivity contribution is -0.137. The zero-order chi connectivity index (χ0) is 32.0. The molecule has 0 aromatic heterocycles. The van der Waals surface area contributed by atoms with Crippen molar-refractivity contribution in [3.05, 3.63) is 77.9 Å². The van der Waals surface area contributed by atoms with E-state index in [4.69, 9.17) is 21.7 Å². The van der Waals surface area contributed by atoms with Crippen molar-refractivity contribution in [1.29, 1.82) is 0 Å². The number of halogens is 3. The highest BCUT2D eigenvalue weighted by molar-refractivity contribution is 7.99. The van der Waals surface area contributed by atoms with Crippen molar-refractivity contribution < 1.29 is 27.4 Å². The number of alkyl halides is 3. The third kappa shape index (κ3) is 9.00. The van der Waals surface area contributed by atoms with Crippen molar-refractivity contribution >= 4 is 46.4 Å². The highest BCUT2D eigenvalue weighted by Crippen LogP contribution is 2.49. The SMILES string of the molecule is CC(=O)Oc1ccc(CC(C)C(=S)OCCN2CCN(CCCN3c4ccccc4Sc4ccc(C(F)(F)F)cc43)CC2)cc1. The van der Waals surface area contributed by atoms with Gasteiger partial charge in [0.15, 0.2) is 5.05 Å². The van der Waals surface area contributed by atoms with Crippen molar-refractivity contribution in [1.82, 2.24) is 9.80 Å². The summed E-state index contributed by atoms with van der Waals surface area (Å²) in [5, 5.41) is 0.597. The molecule has 1 unspecified atom stereocenters. The molecule has 240 valence electrons. The fourth-order valence-corrected chi connectivity index (χ4v) is 6.89. The predicted molar refractivity (Wildman–Crippen MR) is 176 cm³/mol. The number of benzene rings is 3. The minimum absolute atomic E-state index is 0.0777. The van der Waals surface area contributed by atoms with Gasteiger partial charge >= 0.3 is 12.1 Å². The van der Waals surface area contributed by atoms with Gasteiger partial charge in [-0.3, -0.25) is 9.69 Å². The molecule has 3 aromatic carbocycles. The molecule has 0 radical (unpaired) electrons. The van der Waals surface area contributed by atoms with Crippen LogP contribution in [0.1, 0.15) is 31.4 Å². The van der Waals surface area contributed by atoms with E-state index < -0.39 is 11.7 Å². The molecule has 0 amide bonds. The quantitative estimate of drug-likeness (QED) is 0.120. The molecule has 1 saturated heterocycles. The first kappa shape index (κ1) is 33.2. The predicted octanol–water partition coefficient (Wildman–Crippen LogP) is 7.46. The Morgan fingerprint density at radius 3 is 2.27 bits per heavy atom. The van der Waals surface area contributed by atoms with Crippen LogP contribution in [0.15, 0.2) is 76.5 Å². The molecule has 0 bridgehead atoms. The number of hydrogen-bond donors (Lipinski definition) is 0. The fourth-order valence-electron chi connectivity index (χ4n) is 5.65. The minimum Gasteiger partial charge on any atom is -0.485 e. The Bertz CT molecular complexity index is 1480. The van der Waals surface area contributed by atoms with Crippen molar-refractivity contribution in [2.75, 3.05) is 57.3 Å². The maximum atomic E-state index is 13.5. The third-order valence-corrected chi connectivity index (χ3v) is 9.71. The fraction of sp³-hybridized carbons (Fsp3) is 0.412. The van der Waals surface area contributed by atoms with Crippen LogP contribution in [0.4, 0.5) is 24.5 Å². The molecule has 0 aliphatic carbocycles. The monoisotopic (exact) mass is 657 g/mol. The second-order valence-corrected chi connectivity index (χ2v) is 12.9. The molecule has 3 aromatic rings. The van der Waals surface area contributed by atoms with E-state index in [1.165, 1.54) is 30.8 Å². The second-order valence-electron chi connectivity index (χ2n) is 11.4. The largest absolute Gasteiger partial charge is 0.485 e. The average molecular weight is 658 g/mol. The standard InChI is InChI=1S/C34H38F3N3O3S2/c1-24(22-26-8-11-28(12-9-26)43-25(2)41)33(44)42-21-20-39-18-16-38(17-19-39)14-5-15-40-29-6-3-4-7-31(29)45-32-13-10-27(23-30(32)40)34(35,36)37/h3-4,6-13,23-24H,5,14-22H2,1-2H3. The molecular weight excluding hydrogens is 620 g/mol. The van der Waals surface area contributed by atoms with Gasteiger partial charge < -0.3 is 19.3 Å². The maximum Gasteiger partial charge on any atom is 0.416 e. The smallest absolute Gasteiger partial charge is 0.416 e. The van der Waals surface area contributed by atoms with E-state index in [0.29, 0.717) is 29.6 Å². The molecule has 2 aliphatic heterocycles. The van der Waals surface area contributed by atoms with Crippen LogP contribution < -0.4 is 9.64 Å². The van der Waals surface area contributed by atoms with Gasteiger partial charge in [-0.1, -0.05) is 43.0 Å². The summed E-state index contributed by atoms with van der Waals surface area (Å²) in [5.41, 5.74) is 2.07. The van der Waals surface area contributed by atoms with Crippen LogP contribution in [-0.2, 0) is 22.1 Å². The van der Waals surface area contributed by atoms with Gasteiger partial charge in [-0.15, -0.1) is 0 Å². The Morgan fingerprint density at radius 2 is 1.58 bits per heavy atom. The summed E-state index contributed by atoms with van der Waals surface area (Å²) in [7, 11) is 0. The molecule has 2 aliphatic rings. The van der Waals surface area contributed by atoms with Crippen LogP contribution >= 0.6 is 24.0 Å². The summed E-state index contributed by atoms with van der Waals surface area (Å²) < 4.78 is 51.6. The van der Waals surface area contributed by atoms with Crippen LogP contribution in [0.2, 0.25) is 0 Å². The first-order valence-corrected chi connectivity index (χ1v) is 16.4. The minimum atomic E-state index is -4.38. The van der Waals surface area contributed by atoms with Gasteiger partial charge in [0.2, 0.25) is 0 Å². The molecule has 5 rings (SSSR count). The van der Waals surface area contributed by atoms with Gasteiger partial charge in [0, 0.05) is 61.9 Å². The molecule has 0 spiro atoms. The van der Waals surface area contributed by atoms with Gasteiger partial charge in [-0.25, -0.2) is 0 Å². The zero-order valence-electron chi connectivity index (χ0n) is 25.5. The number of thiocarbonyl (C=S) groups is 1. The summed E-state index contributed by atoms with van der Waals surface area (Å²) in [6.45, 7) is 10.0. The van der Waals surface area contributed by atoms with Crippen molar-refractivity contribution in [2.45, 2.75) is 42.7 Å². The second kappa shape index (κ2) is 15.0. The lowest BCUT2D eigenvalue weighted by atomic mass is 10.0. The lowest BCUT2D eigenvalue weighted by Crippen LogP contribution is -2.47. The van der Waals surface area contributed by atoms with Crippen LogP contribution in [-0.4, -0.2) is 73.2 Å². The summed E-state index contributed by atoms with van der Waals surface area (Å²) in [6, 6.07) is 19.4. The van der Waals surface area contributed by atoms with E-state index in [0.717, 1.165) is 73.2 Å². The summed E-state index contributed by atoms with van der Waals surface area (Å²) in [4.78, 5) is 19.9. The van der Waals surface area contributed by atoms with E-state index >= 15 is 0 Å². The number of ether oxygens (including phenoxy) is 2. The topological polar surface area (TPSA) is 45.3 Å². The molecule has 1 fully saturated rings. The number of nitrogens with zero attached hydrogens (tertiary/aromatic N) is 3. The Balaban J connectivity index is 1.04. The van der Waals surface area contributed by atoms with Gasteiger partial charge in [-0.05, 0) is 79.6 Å². The first-order valence-electron chi connectivity index (χ1n) is 15.2. The number of fused-ring (bicyclic) bond motifs is 2. The Hall–Kier alpha value is -3.12. The number of carbonyl (C=O) groups is 1. The Labute approximate surface area is 272 Å². The molecule has 0 N–H and O–H groups in total. The molecule has 11 heteroatoms. The normalized spacial score (nSPS) is 16.1. The van der Waals surface area contributed by atoms with E-state index in [2.05, 4.69) is 16.7 Å². The van der Waals surface area contributed by atoms with E-state index in [1.807, 2.05) is 41.3 Å². The van der Waals surface area contributed by atoms with Gasteiger partial charge in [0.1, 0.15) is 12.4 Å². The number of para-hydroxylation sites is 1. The van der Waals surface area contributed by atoms with Crippen LogP contribution in [0, 0.1) is 5.92 Å². The van der Waals surface area contributed by atoms with Crippen LogP contribution in [0.5, 0.6) is 5.75 Å². The number of carbonyl (C=O) groups excluding carboxylic acids is 1. The van der Waals surface area contributed by atoms with Crippen molar-refractivity contribution in [2.24, 2.45) is 5.92 Å². The first-order chi connectivity index (χ1) is 21.6. The highest BCUT2D eigenvalue weighted by atomic mass is 32.2. The number of anilines is 2. The maximum absolute atomic E-state index is 13.5. The number of esters is 1. The molecular formula is C34H38F3N3O3S2. The van der Waals surface area contributed by atoms with Crippen LogP contribution in [0.3, 0.4) is 0 Å². The Kier molecular flexibility index (Phi) is 11.1. The van der Waals surface area contributed by atoms with Crippen LogP contribution in [0.25, 0.3) is 0 Å². The van der Waals surface area contributed by atoms with Gasteiger partial charge in [0.05, 0.1) is 16.9 Å². The van der Waals surface area contributed by atoms with E-state index in [1.54, 1.807) is 18.2 Å².